The molecule has 5 heteroatoms. The standard InChI is InChI=1S/C8H9ClFNO.ClH/c1-6(10)12-8-3-2-7(4-9)11-5-8;/h2-3,5-6H,4H2,1H3;1H. The maximum Gasteiger partial charge on any atom is 0.235 e. The largest absolute Gasteiger partial charge is 0.459 e. The first-order valence-corrected chi connectivity index (χ1v) is 4.07. The van der Waals surface area contributed by atoms with Crippen LogP contribution >= 0.6 is 24.0 Å². The van der Waals surface area contributed by atoms with E-state index in [1.54, 1.807) is 12.1 Å². The molecule has 1 aromatic rings. The number of ether oxygens (including phenoxy) is 1. The van der Waals surface area contributed by atoms with Gasteiger partial charge in [-0.2, -0.15) is 0 Å². The van der Waals surface area contributed by atoms with E-state index in [1.807, 2.05) is 0 Å². The molecule has 0 fully saturated rings. The molecule has 13 heavy (non-hydrogen) atoms. The third-order valence-electron chi connectivity index (χ3n) is 1.23. The van der Waals surface area contributed by atoms with Crippen LogP contribution in [-0.2, 0) is 5.88 Å². The van der Waals surface area contributed by atoms with Crippen molar-refractivity contribution in [3.05, 3.63) is 24.0 Å². The minimum atomic E-state index is -1.31. The van der Waals surface area contributed by atoms with Crippen LogP contribution in [0.5, 0.6) is 5.75 Å². The maximum atomic E-state index is 12.3. The van der Waals surface area contributed by atoms with Crippen molar-refractivity contribution in [2.75, 3.05) is 0 Å². The molecule has 1 unspecified atom stereocenters. The molecule has 0 bridgehead atoms. The molecule has 0 saturated heterocycles. The lowest BCUT2D eigenvalue weighted by Gasteiger charge is -2.05. The van der Waals surface area contributed by atoms with Gasteiger partial charge in [0, 0.05) is 6.92 Å². The SMILES string of the molecule is CC(F)Oc1ccc(CCl)nc1.Cl. The van der Waals surface area contributed by atoms with E-state index in [2.05, 4.69) is 4.98 Å². The van der Waals surface area contributed by atoms with Crippen LogP contribution < -0.4 is 4.74 Å². The van der Waals surface area contributed by atoms with Crippen LogP contribution in [-0.4, -0.2) is 11.3 Å². The Hall–Kier alpha value is -0.540. The van der Waals surface area contributed by atoms with Gasteiger partial charge in [0.2, 0.25) is 6.36 Å². The average Bonchev–Trinajstić information content (AvgIpc) is 2.05. The van der Waals surface area contributed by atoms with Crippen molar-refractivity contribution in [3.8, 4) is 5.75 Å². The van der Waals surface area contributed by atoms with E-state index in [9.17, 15) is 4.39 Å². The molecule has 1 rings (SSSR count). The van der Waals surface area contributed by atoms with Gasteiger partial charge in [-0.25, -0.2) is 4.39 Å². The topological polar surface area (TPSA) is 22.1 Å². The molecule has 74 valence electrons. The number of pyridine rings is 1. The zero-order valence-electron chi connectivity index (χ0n) is 7.04. The van der Waals surface area contributed by atoms with Crippen LogP contribution in [0.25, 0.3) is 0 Å². The second kappa shape index (κ2) is 6.00. The molecule has 0 N–H and O–H groups in total. The van der Waals surface area contributed by atoms with Crippen molar-refractivity contribution in [1.29, 1.82) is 0 Å². The first kappa shape index (κ1) is 12.5. The van der Waals surface area contributed by atoms with Crippen LogP contribution in [0.2, 0.25) is 0 Å². The summed E-state index contributed by atoms with van der Waals surface area (Å²) in [5.41, 5.74) is 0.746. The lowest BCUT2D eigenvalue weighted by molar-refractivity contribution is 0.0856. The first-order chi connectivity index (χ1) is 5.72. The van der Waals surface area contributed by atoms with E-state index in [4.69, 9.17) is 16.3 Å². The Morgan fingerprint density at radius 1 is 1.62 bits per heavy atom. The average molecular weight is 226 g/mol. The van der Waals surface area contributed by atoms with Gasteiger partial charge in [-0.1, -0.05) is 0 Å². The van der Waals surface area contributed by atoms with Gasteiger partial charge in [0.05, 0.1) is 17.8 Å². The Labute approximate surface area is 87.5 Å². The molecule has 0 saturated carbocycles. The molecule has 0 amide bonds. The van der Waals surface area contributed by atoms with E-state index < -0.39 is 6.36 Å². The molecular formula is C8H10Cl2FNO. The smallest absolute Gasteiger partial charge is 0.235 e. The van der Waals surface area contributed by atoms with Crippen molar-refractivity contribution in [2.45, 2.75) is 19.2 Å². The Kier molecular flexibility index (Phi) is 5.75. The fraction of sp³-hybridized carbons (Fsp3) is 0.375. The van der Waals surface area contributed by atoms with Crippen molar-refractivity contribution >= 4 is 24.0 Å². The molecule has 1 atom stereocenters. The Morgan fingerprint density at radius 2 is 2.31 bits per heavy atom. The molecule has 0 aromatic carbocycles. The Bertz CT molecular complexity index is 240. The predicted octanol–water partition coefficient (Wildman–Crippen LogP) is 2.94. The third kappa shape index (κ3) is 4.29. The summed E-state index contributed by atoms with van der Waals surface area (Å²) in [7, 11) is 0. The number of nitrogens with zero attached hydrogens (tertiary/aromatic N) is 1. The van der Waals surface area contributed by atoms with Crippen molar-refractivity contribution in [1.82, 2.24) is 4.98 Å². The lowest BCUT2D eigenvalue weighted by Crippen LogP contribution is -2.03. The van der Waals surface area contributed by atoms with E-state index in [0.29, 0.717) is 11.6 Å². The van der Waals surface area contributed by atoms with E-state index >= 15 is 0 Å². The van der Waals surface area contributed by atoms with Gasteiger partial charge in [-0.15, -0.1) is 24.0 Å². The zero-order valence-corrected chi connectivity index (χ0v) is 8.61. The fourth-order valence-corrected chi connectivity index (χ4v) is 0.905. The van der Waals surface area contributed by atoms with Gasteiger partial charge in [0.1, 0.15) is 5.75 Å². The maximum absolute atomic E-state index is 12.3. The summed E-state index contributed by atoms with van der Waals surface area (Å²) in [6.45, 7) is 1.31. The van der Waals surface area contributed by atoms with Crippen LogP contribution in [0.1, 0.15) is 12.6 Å². The van der Waals surface area contributed by atoms with Gasteiger partial charge in [0.25, 0.3) is 0 Å². The van der Waals surface area contributed by atoms with Gasteiger partial charge in [-0.3, -0.25) is 4.98 Å². The number of hydrogen-bond donors (Lipinski definition) is 0. The number of aromatic nitrogens is 1. The van der Waals surface area contributed by atoms with Crippen molar-refractivity contribution in [2.24, 2.45) is 0 Å². The molecule has 1 aromatic heterocycles. The monoisotopic (exact) mass is 225 g/mol. The molecule has 0 aliphatic heterocycles. The predicted molar refractivity (Wildman–Crippen MR) is 52.2 cm³/mol. The first-order valence-electron chi connectivity index (χ1n) is 3.54. The molecule has 0 spiro atoms. The summed E-state index contributed by atoms with van der Waals surface area (Å²) >= 11 is 5.51. The lowest BCUT2D eigenvalue weighted by atomic mass is 10.4. The molecule has 0 radical (unpaired) electrons. The highest BCUT2D eigenvalue weighted by atomic mass is 35.5. The van der Waals surface area contributed by atoms with E-state index in [-0.39, 0.29) is 12.4 Å². The summed E-state index contributed by atoms with van der Waals surface area (Å²) in [4.78, 5) is 3.93. The molecular weight excluding hydrogens is 216 g/mol. The summed E-state index contributed by atoms with van der Waals surface area (Å²) in [6, 6.07) is 3.34. The molecule has 0 aliphatic rings. The van der Waals surface area contributed by atoms with Crippen molar-refractivity contribution < 1.29 is 9.13 Å². The highest BCUT2D eigenvalue weighted by Crippen LogP contribution is 2.12. The molecule has 0 aliphatic carbocycles. The summed E-state index contributed by atoms with van der Waals surface area (Å²) in [5.74, 6) is 0.768. The number of rotatable bonds is 3. The normalized spacial score (nSPS) is 11.6. The van der Waals surface area contributed by atoms with E-state index in [1.165, 1.54) is 13.1 Å². The highest BCUT2D eigenvalue weighted by molar-refractivity contribution is 6.16. The summed E-state index contributed by atoms with van der Waals surface area (Å²) in [6.07, 6.45) is 0.141. The Balaban J connectivity index is 0.00000144. The van der Waals surface area contributed by atoms with Crippen LogP contribution in [0.4, 0.5) is 4.39 Å². The van der Waals surface area contributed by atoms with Gasteiger partial charge in [0.15, 0.2) is 0 Å². The summed E-state index contributed by atoms with van der Waals surface area (Å²) in [5, 5.41) is 0. The zero-order chi connectivity index (χ0) is 8.97. The molecule has 1 heterocycles. The van der Waals surface area contributed by atoms with Crippen LogP contribution in [0, 0.1) is 0 Å². The minimum Gasteiger partial charge on any atom is -0.459 e. The quantitative estimate of drug-likeness (QED) is 0.739. The second-order valence-corrected chi connectivity index (χ2v) is 2.55. The van der Waals surface area contributed by atoms with Gasteiger partial charge in [-0.05, 0) is 12.1 Å². The van der Waals surface area contributed by atoms with Crippen LogP contribution in [0.15, 0.2) is 18.3 Å². The van der Waals surface area contributed by atoms with Gasteiger partial charge >= 0.3 is 0 Å². The number of hydrogen-bond acceptors (Lipinski definition) is 2. The van der Waals surface area contributed by atoms with Gasteiger partial charge < -0.3 is 4.74 Å². The van der Waals surface area contributed by atoms with Crippen LogP contribution in [0.3, 0.4) is 0 Å². The minimum absolute atomic E-state index is 0. The van der Waals surface area contributed by atoms with E-state index in [0.717, 1.165) is 5.69 Å². The third-order valence-corrected chi connectivity index (χ3v) is 1.51. The Morgan fingerprint density at radius 3 is 2.69 bits per heavy atom. The second-order valence-electron chi connectivity index (χ2n) is 2.28. The fourth-order valence-electron chi connectivity index (χ4n) is 0.747. The van der Waals surface area contributed by atoms with Crippen molar-refractivity contribution in [3.63, 3.8) is 0 Å². The highest BCUT2D eigenvalue weighted by Gasteiger charge is 2.00. The molecule has 2 nitrogen and oxygen atoms in total. The number of alkyl halides is 2. The number of halogens is 3. The summed E-state index contributed by atoms with van der Waals surface area (Å²) < 4.78 is 17.0.